The molecule has 0 aliphatic rings. The fourth-order valence-corrected chi connectivity index (χ4v) is 1.96. The van der Waals surface area contributed by atoms with Gasteiger partial charge in [-0.15, -0.1) is 6.58 Å². The summed E-state index contributed by atoms with van der Waals surface area (Å²) in [7, 11) is 1.58. The number of benzene rings is 2. The first kappa shape index (κ1) is 15.2. The highest BCUT2D eigenvalue weighted by molar-refractivity contribution is 5.27. The first-order valence-corrected chi connectivity index (χ1v) is 6.46. The lowest BCUT2D eigenvalue weighted by Gasteiger charge is -2.16. The molecule has 1 unspecified atom stereocenters. The van der Waals surface area contributed by atoms with Crippen molar-refractivity contribution in [3.05, 3.63) is 77.9 Å². The van der Waals surface area contributed by atoms with E-state index in [1.54, 1.807) is 19.2 Å². The van der Waals surface area contributed by atoms with E-state index in [0.717, 1.165) is 11.3 Å². The van der Waals surface area contributed by atoms with Crippen molar-refractivity contribution < 1.29 is 18.3 Å². The molecule has 2 nitrogen and oxygen atoms in total. The average Bonchev–Trinajstić information content (AvgIpc) is 2.50. The van der Waals surface area contributed by atoms with Crippen LogP contribution in [-0.2, 0) is 11.3 Å². The first-order chi connectivity index (χ1) is 10.2. The minimum absolute atomic E-state index is 0.124. The molecule has 0 spiro atoms. The molecule has 2 aromatic rings. The highest BCUT2D eigenvalue weighted by Gasteiger charge is 2.18. The molecule has 0 saturated carbocycles. The zero-order chi connectivity index (χ0) is 15.2. The Morgan fingerprint density at radius 2 is 1.71 bits per heavy atom. The van der Waals surface area contributed by atoms with Gasteiger partial charge in [-0.2, -0.15) is 0 Å². The predicted molar refractivity (Wildman–Crippen MR) is 77.1 cm³/mol. The third-order valence-electron chi connectivity index (χ3n) is 3.09. The van der Waals surface area contributed by atoms with Gasteiger partial charge in [-0.25, -0.2) is 8.78 Å². The third kappa shape index (κ3) is 3.67. The Morgan fingerprint density at radius 1 is 1.10 bits per heavy atom. The van der Waals surface area contributed by atoms with Gasteiger partial charge in [-0.1, -0.05) is 24.3 Å². The van der Waals surface area contributed by atoms with E-state index in [2.05, 4.69) is 6.58 Å². The van der Waals surface area contributed by atoms with E-state index in [4.69, 9.17) is 9.47 Å². The Kier molecular flexibility index (Phi) is 5.06. The molecule has 0 bridgehead atoms. The van der Waals surface area contributed by atoms with Gasteiger partial charge in [0.15, 0.2) is 0 Å². The van der Waals surface area contributed by atoms with E-state index >= 15 is 0 Å². The van der Waals surface area contributed by atoms with Crippen molar-refractivity contribution in [2.75, 3.05) is 7.11 Å². The van der Waals surface area contributed by atoms with Crippen molar-refractivity contribution >= 4 is 0 Å². The Bertz CT molecular complexity index is 588. The lowest BCUT2D eigenvalue weighted by molar-refractivity contribution is 0.0672. The van der Waals surface area contributed by atoms with Crippen LogP contribution in [0.4, 0.5) is 8.78 Å². The normalized spacial score (nSPS) is 12.0. The van der Waals surface area contributed by atoms with Crippen molar-refractivity contribution in [3.63, 3.8) is 0 Å². The van der Waals surface area contributed by atoms with Crippen LogP contribution < -0.4 is 4.74 Å². The van der Waals surface area contributed by atoms with Crippen molar-refractivity contribution in [2.24, 2.45) is 0 Å². The molecule has 2 aromatic carbocycles. The van der Waals surface area contributed by atoms with Gasteiger partial charge in [0.25, 0.3) is 0 Å². The second-order valence-electron chi connectivity index (χ2n) is 4.45. The molecule has 0 fully saturated rings. The molecule has 21 heavy (non-hydrogen) atoms. The summed E-state index contributed by atoms with van der Waals surface area (Å²) in [6.45, 7) is 3.80. The number of rotatable bonds is 6. The number of hydrogen-bond acceptors (Lipinski definition) is 2. The van der Waals surface area contributed by atoms with E-state index in [1.807, 2.05) is 12.1 Å². The topological polar surface area (TPSA) is 18.5 Å². The molecule has 1 atom stereocenters. The minimum atomic E-state index is -0.840. The van der Waals surface area contributed by atoms with Crippen LogP contribution >= 0.6 is 0 Å². The summed E-state index contributed by atoms with van der Waals surface area (Å²) in [4.78, 5) is 0. The van der Waals surface area contributed by atoms with Crippen LogP contribution in [0.1, 0.15) is 17.2 Å². The average molecular weight is 290 g/mol. The number of hydrogen-bond donors (Lipinski definition) is 0. The zero-order valence-corrected chi connectivity index (χ0v) is 11.7. The second kappa shape index (κ2) is 6.99. The van der Waals surface area contributed by atoms with Gasteiger partial charge in [0.05, 0.1) is 19.3 Å². The summed E-state index contributed by atoms with van der Waals surface area (Å²) in [6, 6.07) is 11.0. The van der Waals surface area contributed by atoms with Crippen molar-refractivity contribution in [2.45, 2.75) is 12.7 Å². The SMILES string of the molecule is C=CC(OCc1ccc(OC)cc1)c1c(F)cccc1F. The van der Waals surface area contributed by atoms with Crippen LogP contribution in [0.3, 0.4) is 0 Å². The minimum Gasteiger partial charge on any atom is -0.497 e. The van der Waals surface area contributed by atoms with E-state index < -0.39 is 17.7 Å². The van der Waals surface area contributed by atoms with Gasteiger partial charge in [-0.3, -0.25) is 0 Å². The van der Waals surface area contributed by atoms with Crippen LogP contribution in [0, 0.1) is 11.6 Å². The monoisotopic (exact) mass is 290 g/mol. The molecule has 2 rings (SSSR count). The van der Waals surface area contributed by atoms with Gasteiger partial charge in [0, 0.05) is 0 Å². The maximum absolute atomic E-state index is 13.7. The van der Waals surface area contributed by atoms with E-state index in [-0.39, 0.29) is 12.2 Å². The Labute approximate surface area is 122 Å². The fourth-order valence-electron chi connectivity index (χ4n) is 1.96. The molecule has 0 aliphatic heterocycles. The van der Waals surface area contributed by atoms with Crippen molar-refractivity contribution in [1.82, 2.24) is 0 Å². The van der Waals surface area contributed by atoms with Gasteiger partial charge < -0.3 is 9.47 Å². The largest absolute Gasteiger partial charge is 0.497 e. The molecule has 0 amide bonds. The molecule has 0 aromatic heterocycles. The smallest absolute Gasteiger partial charge is 0.132 e. The number of halogens is 2. The maximum atomic E-state index is 13.7. The van der Waals surface area contributed by atoms with Crippen LogP contribution in [0.5, 0.6) is 5.75 Å². The Morgan fingerprint density at radius 3 is 2.24 bits per heavy atom. The number of ether oxygens (including phenoxy) is 2. The molecule has 0 heterocycles. The molecule has 0 radical (unpaired) electrons. The molecule has 0 saturated heterocycles. The summed E-state index contributed by atoms with van der Waals surface area (Å²) in [5.41, 5.74) is 0.750. The first-order valence-electron chi connectivity index (χ1n) is 6.46. The predicted octanol–water partition coefficient (Wildman–Crippen LogP) is 4.42. The molecular formula is C17H16F2O2. The van der Waals surface area contributed by atoms with Crippen LogP contribution in [0.15, 0.2) is 55.1 Å². The molecule has 0 aliphatic carbocycles. The van der Waals surface area contributed by atoms with Crippen molar-refractivity contribution in [3.8, 4) is 5.75 Å². The summed E-state index contributed by atoms with van der Waals surface area (Å²) < 4.78 is 38.1. The van der Waals surface area contributed by atoms with Crippen LogP contribution in [-0.4, -0.2) is 7.11 Å². The molecular weight excluding hydrogens is 274 g/mol. The summed E-state index contributed by atoms with van der Waals surface area (Å²) in [5.74, 6) is -0.552. The molecule has 0 N–H and O–H groups in total. The summed E-state index contributed by atoms with van der Waals surface area (Å²) >= 11 is 0. The fraction of sp³-hybridized carbons (Fsp3) is 0.176. The maximum Gasteiger partial charge on any atom is 0.132 e. The number of methoxy groups -OCH3 is 1. The van der Waals surface area contributed by atoms with E-state index in [0.29, 0.717) is 0 Å². The van der Waals surface area contributed by atoms with Crippen LogP contribution in [0.2, 0.25) is 0 Å². The Hall–Kier alpha value is -2.20. The van der Waals surface area contributed by atoms with Crippen molar-refractivity contribution in [1.29, 1.82) is 0 Å². The molecule has 4 heteroatoms. The Balaban J connectivity index is 2.10. The third-order valence-corrected chi connectivity index (χ3v) is 3.09. The summed E-state index contributed by atoms with van der Waals surface area (Å²) in [5, 5.41) is 0. The highest BCUT2D eigenvalue weighted by Crippen LogP contribution is 2.26. The lowest BCUT2D eigenvalue weighted by Crippen LogP contribution is -2.06. The lowest BCUT2D eigenvalue weighted by atomic mass is 10.1. The molecule has 110 valence electrons. The van der Waals surface area contributed by atoms with Gasteiger partial charge in [0.2, 0.25) is 0 Å². The van der Waals surface area contributed by atoms with Gasteiger partial charge in [-0.05, 0) is 29.8 Å². The van der Waals surface area contributed by atoms with Gasteiger partial charge >= 0.3 is 0 Å². The standard InChI is InChI=1S/C17H16F2O2/c1-3-16(17-14(18)5-4-6-15(17)19)21-11-12-7-9-13(20-2)10-8-12/h3-10,16H,1,11H2,2H3. The van der Waals surface area contributed by atoms with Crippen LogP contribution in [0.25, 0.3) is 0 Å². The highest BCUT2D eigenvalue weighted by atomic mass is 19.1. The van der Waals surface area contributed by atoms with E-state index in [1.165, 1.54) is 24.3 Å². The van der Waals surface area contributed by atoms with Gasteiger partial charge in [0.1, 0.15) is 23.5 Å². The zero-order valence-electron chi connectivity index (χ0n) is 11.7. The summed E-state index contributed by atoms with van der Waals surface area (Å²) in [6.07, 6.45) is 0.540. The quantitative estimate of drug-likeness (QED) is 0.733. The second-order valence-corrected chi connectivity index (χ2v) is 4.45. The van der Waals surface area contributed by atoms with E-state index in [9.17, 15) is 8.78 Å².